The molecule has 0 radical (unpaired) electrons. The molecule has 0 amide bonds. The van der Waals surface area contributed by atoms with E-state index in [2.05, 4.69) is 6.92 Å². The van der Waals surface area contributed by atoms with Crippen LogP contribution in [0.1, 0.15) is 45.8 Å². The van der Waals surface area contributed by atoms with Gasteiger partial charge in [0.25, 0.3) is 0 Å². The van der Waals surface area contributed by atoms with Crippen molar-refractivity contribution in [2.24, 2.45) is 0 Å². The molecule has 1 rings (SSSR count). The van der Waals surface area contributed by atoms with Gasteiger partial charge in [-0.1, -0.05) is 33.6 Å². The number of rotatable bonds is 4. The van der Waals surface area contributed by atoms with Crippen LogP contribution in [0.25, 0.3) is 0 Å². The zero-order valence-corrected chi connectivity index (χ0v) is 9.37. The van der Waals surface area contributed by atoms with Gasteiger partial charge in [0.1, 0.15) is 0 Å². The summed E-state index contributed by atoms with van der Waals surface area (Å²) in [5.41, 5.74) is -0.390. The zero-order chi connectivity index (χ0) is 11.6. The molecule has 1 aromatic heterocycles. The molecule has 0 aliphatic heterocycles. The second-order valence-electron chi connectivity index (χ2n) is 4.42. The van der Waals surface area contributed by atoms with E-state index in [1.54, 1.807) is 0 Å². The SMILES string of the molecule is CCCCC(C)(C)c1oc(O)c(O)c1O. The number of furan rings is 1. The fourth-order valence-electron chi connectivity index (χ4n) is 1.59. The molecule has 0 bridgehead atoms. The highest BCUT2D eigenvalue weighted by Gasteiger charge is 2.31. The lowest BCUT2D eigenvalue weighted by Gasteiger charge is -2.21. The Bertz CT molecular complexity index is 339. The minimum atomic E-state index is -0.618. The lowest BCUT2D eigenvalue weighted by atomic mass is 9.84. The van der Waals surface area contributed by atoms with Crippen LogP contribution in [0.5, 0.6) is 17.4 Å². The average Bonchev–Trinajstić information content (AvgIpc) is 2.43. The van der Waals surface area contributed by atoms with Crippen LogP contribution in [0, 0.1) is 0 Å². The largest absolute Gasteiger partial charge is 0.502 e. The quantitative estimate of drug-likeness (QED) is 0.720. The molecule has 3 N–H and O–H groups in total. The second kappa shape index (κ2) is 4.04. The zero-order valence-electron chi connectivity index (χ0n) is 9.37. The predicted octanol–water partition coefficient (Wildman–Crippen LogP) is 2.86. The van der Waals surface area contributed by atoms with E-state index in [0.717, 1.165) is 19.3 Å². The van der Waals surface area contributed by atoms with Crippen LogP contribution in [-0.4, -0.2) is 15.3 Å². The molecule has 4 nitrogen and oxygen atoms in total. The van der Waals surface area contributed by atoms with Gasteiger partial charge in [-0.3, -0.25) is 0 Å². The van der Waals surface area contributed by atoms with Crippen molar-refractivity contribution in [3.63, 3.8) is 0 Å². The minimum absolute atomic E-state index is 0.242. The molecule has 0 aliphatic rings. The summed E-state index contributed by atoms with van der Waals surface area (Å²) in [4.78, 5) is 0. The van der Waals surface area contributed by atoms with Gasteiger partial charge in [0.15, 0.2) is 5.76 Å². The van der Waals surface area contributed by atoms with Gasteiger partial charge < -0.3 is 19.7 Å². The summed E-state index contributed by atoms with van der Waals surface area (Å²) in [6.07, 6.45) is 2.86. The maximum absolute atomic E-state index is 9.55. The van der Waals surface area contributed by atoms with Crippen LogP contribution in [-0.2, 0) is 5.41 Å². The molecule has 0 atom stereocenters. The number of aromatic hydroxyl groups is 3. The Morgan fingerprint density at radius 3 is 2.13 bits per heavy atom. The third-order valence-corrected chi connectivity index (χ3v) is 2.61. The Labute approximate surface area is 89.2 Å². The predicted molar refractivity (Wildman–Crippen MR) is 56.3 cm³/mol. The van der Waals surface area contributed by atoms with Crippen molar-refractivity contribution in [2.45, 2.75) is 45.4 Å². The third kappa shape index (κ3) is 2.19. The topological polar surface area (TPSA) is 73.8 Å². The highest BCUT2D eigenvalue weighted by atomic mass is 16.5. The lowest BCUT2D eigenvalue weighted by molar-refractivity contribution is 0.266. The van der Waals surface area contributed by atoms with E-state index in [9.17, 15) is 10.2 Å². The minimum Gasteiger partial charge on any atom is -0.502 e. The van der Waals surface area contributed by atoms with Gasteiger partial charge in [-0.2, -0.15) is 0 Å². The Kier molecular flexibility index (Phi) is 3.17. The molecule has 0 unspecified atom stereocenters. The fourth-order valence-corrected chi connectivity index (χ4v) is 1.59. The average molecular weight is 214 g/mol. The molecule has 1 heterocycles. The summed E-state index contributed by atoms with van der Waals surface area (Å²) >= 11 is 0. The molecule has 1 aromatic rings. The van der Waals surface area contributed by atoms with Crippen LogP contribution in [0.2, 0.25) is 0 Å². The fraction of sp³-hybridized carbons (Fsp3) is 0.636. The standard InChI is InChI=1S/C11H18O4/c1-4-5-6-11(2,3)9-7(12)8(13)10(14)15-9/h12-14H,4-6H2,1-3H3. The van der Waals surface area contributed by atoms with Crippen molar-refractivity contribution in [3.8, 4) is 17.4 Å². The van der Waals surface area contributed by atoms with Gasteiger partial charge >= 0.3 is 5.95 Å². The molecule has 0 aromatic carbocycles. The van der Waals surface area contributed by atoms with E-state index in [-0.39, 0.29) is 11.5 Å². The van der Waals surface area contributed by atoms with Crippen LogP contribution in [0.4, 0.5) is 0 Å². The van der Waals surface area contributed by atoms with Gasteiger partial charge in [-0.15, -0.1) is 0 Å². The molecular formula is C11H18O4. The first-order valence-corrected chi connectivity index (χ1v) is 5.14. The maximum Gasteiger partial charge on any atom is 0.330 e. The molecule has 4 heteroatoms. The highest BCUT2D eigenvalue weighted by molar-refractivity contribution is 5.49. The molecule has 0 aliphatic carbocycles. The summed E-state index contributed by atoms with van der Waals surface area (Å²) in [7, 11) is 0. The molecule has 15 heavy (non-hydrogen) atoms. The van der Waals surface area contributed by atoms with Crippen LogP contribution < -0.4 is 0 Å². The van der Waals surface area contributed by atoms with E-state index in [4.69, 9.17) is 9.52 Å². The van der Waals surface area contributed by atoms with Crippen molar-refractivity contribution in [2.75, 3.05) is 0 Å². The molecule has 0 fully saturated rings. The first kappa shape index (κ1) is 11.8. The van der Waals surface area contributed by atoms with Crippen LogP contribution in [0.3, 0.4) is 0 Å². The van der Waals surface area contributed by atoms with Crippen LogP contribution >= 0.6 is 0 Å². The Balaban J connectivity index is 2.98. The van der Waals surface area contributed by atoms with E-state index in [0.29, 0.717) is 0 Å². The van der Waals surface area contributed by atoms with Gasteiger partial charge in [0, 0.05) is 5.41 Å². The van der Waals surface area contributed by atoms with Crippen molar-refractivity contribution >= 4 is 0 Å². The lowest BCUT2D eigenvalue weighted by Crippen LogP contribution is -2.16. The molecular weight excluding hydrogens is 196 g/mol. The van der Waals surface area contributed by atoms with E-state index >= 15 is 0 Å². The summed E-state index contributed by atoms with van der Waals surface area (Å²) in [6, 6.07) is 0. The molecule has 0 saturated carbocycles. The van der Waals surface area contributed by atoms with E-state index in [1.807, 2.05) is 13.8 Å². The maximum atomic E-state index is 9.55. The monoisotopic (exact) mass is 214 g/mol. The summed E-state index contributed by atoms with van der Waals surface area (Å²) in [6.45, 7) is 5.88. The van der Waals surface area contributed by atoms with Crippen molar-refractivity contribution in [1.29, 1.82) is 0 Å². The number of unbranched alkanes of at least 4 members (excludes halogenated alkanes) is 1. The van der Waals surface area contributed by atoms with Gasteiger partial charge in [-0.25, -0.2) is 0 Å². The van der Waals surface area contributed by atoms with Crippen molar-refractivity contribution in [1.82, 2.24) is 0 Å². The first-order chi connectivity index (χ1) is 6.90. The molecule has 0 spiro atoms. The first-order valence-electron chi connectivity index (χ1n) is 5.14. The highest BCUT2D eigenvalue weighted by Crippen LogP contribution is 2.47. The Morgan fingerprint density at radius 1 is 1.13 bits per heavy atom. The smallest absolute Gasteiger partial charge is 0.330 e. The second-order valence-corrected chi connectivity index (χ2v) is 4.42. The Morgan fingerprint density at radius 2 is 1.73 bits per heavy atom. The van der Waals surface area contributed by atoms with Gasteiger partial charge in [0.2, 0.25) is 11.5 Å². The molecule has 86 valence electrons. The summed E-state index contributed by atoms with van der Waals surface area (Å²) in [5.74, 6) is -1.30. The van der Waals surface area contributed by atoms with Gasteiger partial charge in [-0.05, 0) is 6.42 Å². The summed E-state index contributed by atoms with van der Waals surface area (Å²) in [5, 5.41) is 27.9. The molecule has 0 saturated heterocycles. The third-order valence-electron chi connectivity index (χ3n) is 2.61. The van der Waals surface area contributed by atoms with E-state index < -0.39 is 17.1 Å². The van der Waals surface area contributed by atoms with Gasteiger partial charge in [0.05, 0.1) is 0 Å². The Hall–Kier alpha value is -1.32. The van der Waals surface area contributed by atoms with E-state index in [1.165, 1.54) is 0 Å². The number of hydrogen-bond donors (Lipinski definition) is 3. The van der Waals surface area contributed by atoms with Crippen molar-refractivity contribution in [3.05, 3.63) is 5.76 Å². The normalized spacial score (nSPS) is 11.9. The van der Waals surface area contributed by atoms with Crippen molar-refractivity contribution < 1.29 is 19.7 Å². The number of hydrogen-bond acceptors (Lipinski definition) is 4. The summed E-state index contributed by atoms with van der Waals surface area (Å²) < 4.78 is 4.96. The van der Waals surface area contributed by atoms with Crippen LogP contribution in [0.15, 0.2) is 4.42 Å².